The van der Waals surface area contributed by atoms with Crippen LogP contribution in [-0.2, 0) is 14.6 Å². The molecule has 1 aromatic rings. The van der Waals surface area contributed by atoms with Crippen LogP contribution in [0.4, 0.5) is 0 Å². The lowest BCUT2D eigenvalue weighted by Gasteiger charge is -2.25. The maximum absolute atomic E-state index is 12.3. The number of sulfone groups is 1. The van der Waals surface area contributed by atoms with E-state index in [4.69, 9.17) is 9.47 Å². The van der Waals surface area contributed by atoms with Gasteiger partial charge in [0, 0.05) is 18.7 Å². The second-order valence-corrected chi connectivity index (χ2v) is 8.11. The number of carbonyl (C=O) groups excluding carboxylic acids is 1. The van der Waals surface area contributed by atoms with Gasteiger partial charge in [0.25, 0.3) is 0 Å². The standard InChI is InChI=1S/C16H19NO5S/c1-21-14-5-3-11(7-15(14)22-2)4-6-16(18)17-9-13-8-12(17)10-23(13,19)20/h3-7,12-13H,8-10H2,1-2H3/b6-4+. The first-order chi connectivity index (χ1) is 10.9. The highest BCUT2D eigenvalue weighted by atomic mass is 32.2. The van der Waals surface area contributed by atoms with Crippen LogP contribution < -0.4 is 9.47 Å². The Morgan fingerprint density at radius 2 is 2.00 bits per heavy atom. The fraction of sp³-hybridized carbons (Fsp3) is 0.438. The van der Waals surface area contributed by atoms with E-state index in [1.165, 1.54) is 6.08 Å². The van der Waals surface area contributed by atoms with Crippen molar-refractivity contribution in [3.05, 3.63) is 29.8 Å². The van der Waals surface area contributed by atoms with Crippen molar-refractivity contribution in [1.82, 2.24) is 4.90 Å². The average Bonchev–Trinajstić information content (AvgIpc) is 3.08. The molecule has 2 aliphatic rings. The first kappa shape index (κ1) is 15.9. The van der Waals surface area contributed by atoms with E-state index in [1.807, 2.05) is 6.07 Å². The minimum Gasteiger partial charge on any atom is -0.493 e. The number of benzene rings is 1. The number of nitrogens with zero attached hydrogens (tertiary/aromatic N) is 1. The van der Waals surface area contributed by atoms with Gasteiger partial charge in [0.2, 0.25) is 5.91 Å². The summed E-state index contributed by atoms with van der Waals surface area (Å²) in [7, 11) is 0.130. The summed E-state index contributed by atoms with van der Waals surface area (Å²) in [6, 6.07) is 5.20. The predicted octanol–water partition coefficient (Wildman–Crippen LogP) is 1.11. The van der Waals surface area contributed by atoms with Crippen LogP contribution in [-0.4, -0.2) is 57.0 Å². The Bertz CT molecular complexity index is 756. The Hall–Kier alpha value is -2.02. The molecule has 0 radical (unpaired) electrons. The summed E-state index contributed by atoms with van der Waals surface area (Å²) in [6.07, 6.45) is 3.75. The molecule has 2 fully saturated rings. The number of hydrogen-bond donors (Lipinski definition) is 0. The maximum Gasteiger partial charge on any atom is 0.246 e. The fourth-order valence-corrected chi connectivity index (χ4v) is 5.21. The van der Waals surface area contributed by atoms with E-state index in [2.05, 4.69) is 0 Å². The second-order valence-electron chi connectivity index (χ2n) is 5.78. The number of hydrogen-bond acceptors (Lipinski definition) is 5. The second kappa shape index (κ2) is 5.88. The molecule has 23 heavy (non-hydrogen) atoms. The Balaban J connectivity index is 1.70. The summed E-state index contributed by atoms with van der Waals surface area (Å²) in [5.41, 5.74) is 0.813. The molecule has 124 valence electrons. The summed E-state index contributed by atoms with van der Waals surface area (Å²) in [5, 5.41) is -0.383. The van der Waals surface area contributed by atoms with Crippen molar-refractivity contribution in [2.24, 2.45) is 0 Å². The number of methoxy groups -OCH3 is 2. The van der Waals surface area contributed by atoms with Gasteiger partial charge in [-0.1, -0.05) is 6.07 Å². The molecule has 2 bridgehead atoms. The number of likely N-dealkylation sites (tertiary alicyclic amines) is 1. The Kier molecular flexibility index (Phi) is 4.06. The summed E-state index contributed by atoms with van der Waals surface area (Å²) in [5.74, 6) is 1.15. The molecule has 2 unspecified atom stereocenters. The molecule has 2 heterocycles. The molecule has 6 nitrogen and oxygen atoms in total. The highest BCUT2D eigenvalue weighted by molar-refractivity contribution is 7.92. The number of carbonyl (C=O) groups is 1. The van der Waals surface area contributed by atoms with Crippen LogP contribution in [0.2, 0.25) is 0 Å². The lowest BCUT2D eigenvalue weighted by molar-refractivity contribution is -0.126. The molecule has 7 heteroatoms. The van der Waals surface area contributed by atoms with Gasteiger partial charge in [-0.3, -0.25) is 4.79 Å². The van der Waals surface area contributed by atoms with E-state index < -0.39 is 9.84 Å². The number of fused-ring (bicyclic) bond motifs is 2. The quantitative estimate of drug-likeness (QED) is 0.770. The van der Waals surface area contributed by atoms with Crippen molar-refractivity contribution in [3.63, 3.8) is 0 Å². The van der Waals surface area contributed by atoms with E-state index in [1.54, 1.807) is 37.3 Å². The number of amides is 1. The van der Waals surface area contributed by atoms with Crippen LogP contribution in [0, 0.1) is 0 Å². The molecule has 2 saturated heterocycles. The normalized spacial score (nSPS) is 25.0. The molecular weight excluding hydrogens is 318 g/mol. The van der Waals surface area contributed by atoms with Gasteiger partial charge >= 0.3 is 0 Å². The maximum atomic E-state index is 12.3. The van der Waals surface area contributed by atoms with Gasteiger partial charge in [0.05, 0.1) is 25.2 Å². The fourth-order valence-electron chi connectivity index (χ4n) is 3.19. The molecular formula is C16H19NO5S. The molecule has 3 rings (SSSR count). The smallest absolute Gasteiger partial charge is 0.246 e. The van der Waals surface area contributed by atoms with Gasteiger partial charge in [-0.05, 0) is 30.2 Å². The van der Waals surface area contributed by atoms with Crippen LogP contribution in [0.25, 0.3) is 6.08 Å². The summed E-state index contributed by atoms with van der Waals surface area (Å²) in [6.45, 7) is 0.308. The van der Waals surface area contributed by atoms with E-state index in [9.17, 15) is 13.2 Å². The molecule has 0 spiro atoms. The molecule has 1 aromatic carbocycles. The lowest BCUT2D eigenvalue weighted by atomic mass is 10.2. The molecule has 0 aromatic heterocycles. The van der Waals surface area contributed by atoms with Gasteiger partial charge in [0.15, 0.2) is 21.3 Å². The predicted molar refractivity (Wildman–Crippen MR) is 86.3 cm³/mol. The van der Waals surface area contributed by atoms with E-state index >= 15 is 0 Å². The zero-order valence-electron chi connectivity index (χ0n) is 13.1. The first-order valence-corrected chi connectivity index (χ1v) is 9.08. The number of ether oxygens (including phenoxy) is 2. The zero-order valence-corrected chi connectivity index (χ0v) is 13.9. The van der Waals surface area contributed by atoms with Crippen LogP contribution in [0.15, 0.2) is 24.3 Å². The molecule has 1 amide bonds. The van der Waals surface area contributed by atoms with Crippen molar-refractivity contribution in [3.8, 4) is 11.5 Å². The zero-order chi connectivity index (χ0) is 16.6. The summed E-state index contributed by atoms with van der Waals surface area (Å²) >= 11 is 0. The van der Waals surface area contributed by atoms with Crippen LogP contribution in [0.1, 0.15) is 12.0 Å². The Morgan fingerprint density at radius 1 is 1.26 bits per heavy atom. The highest BCUT2D eigenvalue weighted by Gasteiger charge is 2.49. The topological polar surface area (TPSA) is 72.9 Å². The van der Waals surface area contributed by atoms with Crippen molar-refractivity contribution in [1.29, 1.82) is 0 Å². The largest absolute Gasteiger partial charge is 0.493 e. The lowest BCUT2D eigenvalue weighted by Crippen LogP contribution is -2.43. The molecule has 2 aliphatic heterocycles. The summed E-state index contributed by atoms with van der Waals surface area (Å²) in [4.78, 5) is 13.9. The third-order valence-corrected chi connectivity index (χ3v) is 6.62. The van der Waals surface area contributed by atoms with Crippen molar-refractivity contribution >= 4 is 21.8 Å². The number of rotatable bonds is 4. The van der Waals surface area contributed by atoms with E-state index in [0.29, 0.717) is 24.5 Å². The van der Waals surface area contributed by atoms with Gasteiger partial charge in [-0.25, -0.2) is 8.42 Å². The first-order valence-electron chi connectivity index (χ1n) is 7.37. The van der Waals surface area contributed by atoms with Gasteiger partial charge in [0.1, 0.15) is 0 Å². The van der Waals surface area contributed by atoms with Crippen molar-refractivity contribution in [2.75, 3.05) is 26.5 Å². The van der Waals surface area contributed by atoms with E-state index in [-0.39, 0.29) is 23.0 Å². The monoisotopic (exact) mass is 337 g/mol. The molecule has 2 atom stereocenters. The Labute approximate surface area is 135 Å². The van der Waals surface area contributed by atoms with Crippen LogP contribution in [0.5, 0.6) is 11.5 Å². The molecule has 0 N–H and O–H groups in total. The van der Waals surface area contributed by atoms with Crippen LogP contribution in [0.3, 0.4) is 0 Å². The van der Waals surface area contributed by atoms with Gasteiger partial charge in [-0.15, -0.1) is 0 Å². The molecule has 0 aliphatic carbocycles. The van der Waals surface area contributed by atoms with Crippen LogP contribution >= 0.6 is 0 Å². The Morgan fingerprint density at radius 3 is 2.57 bits per heavy atom. The van der Waals surface area contributed by atoms with Gasteiger partial charge < -0.3 is 14.4 Å². The SMILES string of the molecule is COc1ccc(/C=C/C(=O)N2CC3CC2CS3(=O)=O)cc1OC. The average molecular weight is 337 g/mol. The summed E-state index contributed by atoms with van der Waals surface area (Å²) < 4.78 is 33.8. The minimum atomic E-state index is -2.99. The van der Waals surface area contributed by atoms with Crippen molar-refractivity contribution in [2.45, 2.75) is 17.7 Å². The van der Waals surface area contributed by atoms with E-state index in [0.717, 1.165) is 5.56 Å². The van der Waals surface area contributed by atoms with Crippen molar-refractivity contribution < 1.29 is 22.7 Å². The third-order valence-electron chi connectivity index (χ3n) is 4.42. The van der Waals surface area contributed by atoms with Gasteiger partial charge in [-0.2, -0.15) is 0 Å². The minimum absolute atomic E-state index is 0.0909. The molecule has 0 saturated carbocycles. The third kappa shape index (κ3) is 2.93. The highest BCUT2D eigenvalue weighted by Crippen LogP contribution is 2.33.